The molecule has 0 unspecified atom stereocenters. The predicted molar refractivity (Wildman–Crippen MR) is 79.6 cm³/mol. The molecule has 1 saturated carbocycles. The molecule has 0 amide bonds. The summed E-state index contributed by atoms with van der Waals surface area (Å²) in [4.78, 5) is 14.7. The number of carbonyl (C=O) groups excluding carboxylic acids is 1. The zero-order valence-corrected chi connectivity index (χ0v) is 12.4. The number of benzene rings is 1. The third-order valence-corrected chi connectivity index (χ3v) is 3.99. The first kappa shape index (κ1) is 14.3. The Balaban J connectivity index is 1.89. The van der Waals surface area contributed by atoms with E-state index in [-0.39, 0.29) is 5.78 Å². The molecular formula is C17H25NO. The second-order valence-electron chi connectivity index (χ2n) is 6.02. The highest BCUT2D eigenvalue weighted by atomic mass is 16.1. The molecule has 0 saturated heterocycles. The molecule has 0 bridgehead atoms. The topological polar surface area (TPSA) is 20.3 Å². The number of ketones is 1. The molecule has 1 aliphatic carbocycles. The maximum Gasteiger partial charge on any atom is 0.164 e. The fourth-order valence-corrected chi connectivity index (χ4v) is 2.46. The van der Waals surface area contributed by atoms with E-state index in [2.05, 4.69) is 18.7 Å². The van der Waals surface area contributed by atoms with Gasteiger partial charge in [0.2, 0.25) is 0 Å². The number of hydrogen-bond acceptors (Lipinski definition) is 2. The molecule has 2 nitrogen and oxygen atoms in total. The lowest BCUT2D eigenvalue weighted by molar-refractivity contribution is 0.0953. The van der Waals surface area contributed by atoms with Gasteiger partial charge < -0.3 is 4.90 Å². The lowest BCUT2D eigenvalue weighted by Gasteiger charge is -2.26. The van der Waals surface area contributed by atoms with Gasteiger partial charge in [0.15, 0.2) is 5.78 Å². The summed E-state index contributed by atoms with van der Waals surface area (Å²) in [6.45, 7) is 8.51. The number of nitrogens with zero attached hydrogens (tertiary/aromatic N) is 1. The minimum atomic E-state index is 0.277. The van der Waals surface area contributed by atoms with Gasteiger partial charge in [0.25, 0.3) is 0 Å². The summed E-state index contributed by atoms with van der Waals surface area (Å²) < 4.78 is 0. The fourth-order valence-electron chi connectivity index (χ4n) is 2.46. The molecule has 0 atom stereocenters. The standard InChI is InChI=1S/C17H25NO/c1-13(2)18(12-15-8-9-15)11-10-17(19)16-7-5-4-6-14(16)3/h4-7,13,15H,8-12H2,1-3H3. The van der Waals surface area contributed by atoms with Gasteiger partial charge in [-0.1, -0.05) is 24.3 Å². The smallest absolute Gasteiger partial charge is 0.164 e. The van der Waals surface area contributed by atoms with Crippen LogP contribution in [0, 0.1) is 12.8 Å². The van der Waals surface area contributed by atoms with Crippen molar-refractivity contribution in [2.24, 2.45) is 5.92 Å². The van der Waals surface area contributed by atoms with Crippen LogP contribution in [0.1, 0.15) is 49.0 Å². The Bertz CT molecular complexity index is 435. The van der Waals surface area contributed by atoms with E-state index in [0.717, 1.165) is 23.6 Å². The van der Waals surface area contributed by atoms with Gasteiger partial charge in [-0.25, -0.2) is 0 Å². The summed E-state index contributed by atoms with van der Waals surface area (Å²) in [6, 6.07) is 8.42. The van der Waals surface area contributed by atoms with Crippen LogP contribution in [0.5, 0.6) is 0 Å². The van der Waals surface area contributed by atoms with Crippen molar-refractivity contribution in [3.05, 3.63) is 35.4 Å². The lowest BCUT2D eigenvalue weighted by atomic mass is 10.0. The molecule has 1 fully saturated rings. The van der Waals surface area contributed by atoms with Crippen LogP contribution in [0.2, 0.25) is 0 Å². The van der Waals surface area contributed by atoms with E-state index in [1.54, 1.807) is 0 Å². The van der Waals surface area contributed by atoms with Gasteiger partial charge in [-0.05, 0) is 45.1 Å². The molecule has 0 spiro atoms. The molecule has 1 aromatic carbocycles. The highest BCUT2D eigenvalue weighted by molar-refractivity contribution is 5.97. The van der Waals surface area contributed by atoms with Crippen molar-refractivity contribution in [3.63, 3.8) is 0 Å². The van der Waals surface area contributed by atoms with Gasteiger partial charge in [0, 0.05) is 31.1 Å². The van der Waals surface area contributed by atoms with Crippen molar-refractivity contribution < 1.29 is 4.79 Å². The van der Waals surface area contributed by atoms with E-state index in [0.29, 0.717) is 12.5 Å². The summed E-state index contributed by atoms with van der Waals surface area (Å²) in [5.74, 6) is 1.16. The van der Waals surface area contributed by atoms with Gasteiger partial charge in [-0.2, -0.15) is 0 Å². The Morgan fingerprint density at radius 1 is 1.32 bits per heavy atom. The SMILES string of the molecule is Cc1ccccc1C(=O)CCN(CC1CC1)C(C)C. The van der Waals surface area contributed by atoms with Gasteiger partial charge >= 0.3 is 0 Å². The molecule has 2 heteroatoms. The second-order valence-corrected chi connectivity index (χ2v) is 6.02. The van der Waals surface area contributed by atoms with Crippen LogP contribution in [0.15, 0.2) is 24.3 Å². The molecule has 0 heterocycles. The summed E-state index contributed by atoms with van der Waals surface area (Å²) >= 11 is 0. The monoisotopic (exact) mass is 259 g/mol. The number of aryl methyl sites for hydroxylation is 1. The molecule has 0 N–H and O–H groups in total. The number of rotatable bonds is 7. The lowest BCUT2D eigenvalue weighted by Crippen LogP contribution is -2.34. The molecule has 104 valence electrons. The van der Waals surface area contributed by atoms with Crippen molar-refractivity contribution in [2.75, 3.05) is 13.1 Å². The predicted octanol–water partition coefficient (Wildman–Crippen LogP) is 3.69. The Labute approximate surface area is 116 Å². The van der Waals surface area contributed by atoms with Crippen LogP contribution in [0.25, 0.3) is 0 Å². The Morgan fingerprint density at radius 3 is 2.58 bits per heavy atom. The van der Waals surface area contributed by atoms with Crippen LogP contribution in [-0.2, 0) is 0 Å². The first-order chi connectivity index (χ1) is 9.08. The summed E-state index contributed by atoms with van der Waals surface area (Å²) in [5, 5.41) is 0. The average molecular weight is 259 g/mol. The largest absolute Gasteiger partial charge is 0.300 e. The molecule has 19 heavy (non-hydrogen) atoms. The quantitative estimate of drug-likeness (QED) is 0.696. The number of Topliss-reactive ketones (excluding diaryl/α,β-unsaturated/α-hetero) is 1. The fraction of sp³-hybridized carbons (Fsp3) is 0.588. The number of carbonyl (C=O) groups is 1. The third-order valence-electron chi connectivity index (χ3n) is 3.99. The van der Waals surface area contributed by atoms with E-state index >= 15 is 0 Å². The van der Waals surface area contributed by atoms with E-state index < -0.39 is 0 Å². The van der Waals surface area contributed by atoms with Crippen LogP contribution >= 0.6 is 0 Å². The molecule has 1 aliphatic rings. The van der Waals surface area contributed by atoms with Crippen molar-refractivity contribution in [3.8, 4) is 0 Å². The average Bonchev–Trinajstić information content (AvgIpc) is 3.18. The van der Waals surface area contributed by atoms with Crippen molar-refractivity contribution in [1.82, 2.24) is 4.90 Å². The Kier molecular flexibility index (Phi) is 4.76. The summed E-state index contributed by atoms with van der Waals surface area (Å²) in [7, 11) is 0. The maximum absolute atomic E-state index is 12.3. The number of hydrogen-bond donors (Lipinski definition) is 0. The molecule has 2 rings (SSSR count). The van der Waals surface area contributed by atoms with E-state index in [1.165, 1.54) is 19.4 Å². The first-order valence-electron chi connectivity index (χ1n) is 7.41. The second kappa shape index (κ2) is 6.33. The summed E-state index contributed by atoms with van der Waals surface area (Å²) in [5.41, 5.74) is 1.98. The van der Waals surface area contributed by atoms with Crippen LogP contribution in [-0.4, -0.2) is 29.8 Å². The van der Waals surface area contributed by atoms with Crippen LogP contribution < -0.4 is 0 Å². The van der Waals surface area contributed by atoms with Crippen molar-refractivity contribution >= 4 is 5.78 Å². The van der Waals surface area contributed by atoms with Gasteiger partial charge in [0.1, 0.15) is 0 Å². The zero-order chi connectivity index (χ0) is 13.8. The molecule has 0 aromatic heterocycles. The van der Waals surface area contributed by atoms with Gasteiger partial charge in [-0.15, -0.1) is 0 Å². The molecule has 0 aliphatic heterocycles. The highest BCUT2D eigenvalue weighted by Crippen LogP contribution is 2.30. The highest BCUT2D eigenvalue weighted by Gasteiger charge is 2.25. The van der Waals surface area contributed by atoms with Crippen molar-refractivity contribution in [2.45, 2.75) is 46.1 Å². The first-order valence-corrected chi connectivity index (χ1v) is 7.41. The third kappa shape index (κ3) is 4.17. The normalized spacial score (nSPS) is 15.2. The molecule has 1 aromatic rings. The van der Waals surface area contributed by atoms with Gasteiger partial charge in [-0.3, -0.25) is 4.79 Å². The van der Waals surface area contributed by atoms with Crippen LogP contribution in [0.4, 0.5) is 0 Å². The zero-order valence-electron chi connectivity index (χ0n) is 12.4. The molecular weight excluding hydrogens is 234 g/mol. The van der Waals surface area contributed by atoms with Crippen LogP contribution in [0.3, 0.4) is 0 Å². The van der Waals surface area contributed by atoms with E-state index in [9.17, 15) is 4.79 Å². The Morgan fingerprint density at radius 2 is 2.00 bits per heavy atom. The maximum atomic E-state index is 12.3. The Hall–Kier alpha value is -1.15. The summed E-state index contributed by atoms with van der Waals surface area (Å²) in [6.07, 6.45) is 3.37. The van der Waals surface area contributed by atoms with Gasteiger partial charge in [0.05, 0.1) is 0 Å². The van der Waals surface area contributed by atoms with Crippen molar-refractivity contribution in [1.29, 1.82) is 0 Å². The molecule has 0 radical (unpaired) electrons. The van der Waals surface area contributed by atoms with E-state index in [4.69, 9.17) is 0 Å². The minimum Gasteiger partial charge on any atom is -0.300 e. The minimum absolute atomic E-state index is 0.277. The van der Waals surface area contributed by atoms with E-state index in [1.807, 2.05) is 31.2 Å².